The molecular formula is C108H115F3N2O28. The van der Waals surface area contributed by atoms with Crippen molar-refractivity contribution in [3.05, 3.63) is 356 Å². The monoisotopic (exact) mass is 1940 g/mol. The summed E-state index contributed by atoms with van der Waals surface area (Å²) in [7, 11) is 15.5. The molecule has 6 aromatic carbocycles. The van der Waals surface area contributed by atoms with Crippen molar-refractivity contribution in [3.8, 4) is 0 Å². The van der Waals surface area contributed by atoms with Crippen molar-refractivity contribution in [1.29, 1.82) is 0 Å². The van der Waals surface area contributed by atoms with Gasteiger partial charge in [0.1, 0.15) is 17.5 Å². The highest BCUT2D eigenvalue weighted by atomic mass is 19.1. The first-order valence-corrected chi connectivity index (χ1v) is 44.0. The fourth-order valence-corrected chi connectivity index (χ4v) is 18.5. The van der Waals surface area contributed by atoms with Crippen LogP contribution in [0.3, 0.4) is 0 Å². The number of non-ortho nitro benzene ring substituents is 2. The molecule has 0 saturated heterocycles. The molecule has 746 valence electrons. The maximum atomic E-state index is 14.4. The average molecular weight is 1950 g/mol. The zero-order chi connectivity index (χ0) is 105. The third-order valence-electron chi connectivity index (χ3n) is 24.6. The van der Waals surface area contributed by atoms with Crippen molar-refractivity contribution in [1.82, 2.24) is 0 Å². The van der Waals surface area contributed by atoms with Gasteiger partial charge in [-0.3, -0.25) is 20.2 Å². The minimum atomic E-state index is -0.829. The molecule has 0 fully saturated rings. The smallest absolute Gasteiger partial charge is 0.334 e. The predicted octanol–water partition coefficient (Wildman–Crippen LogP) is 19.2. The zero-order valence-electron chi connectivity index (χ0n) is 83.1. The average Bonchev–Trinajstić information content (AvgIpc) is 0.827. The number of hydrogen-bond donors (Lipinski definition) is 0. The van der Waals surface area contributed by atoms with Gasteiger partial charge in [-0.25, -0.2) is 70.7 Å². The summed E-state index contributed by atoms with van der Waals surface area (Å²) in [4.78, 5) is 168. The van der Waals surface area contributed by atoms with E-state index in [1.54, 1.807) is 88.4 Å². The molecule has 0 aromatic heterocycles. The first-order chi connectivity index (χ1) is 66.8. The third-order valence-corrected chi connectivity index (χ3v) is 24.6. The molecule has 0 amide bonds. The molecule has 12 rings (SSSR count). The Hall–Kier alpha value is -15.6. The molecule has 6 aromatic rings. The number of nitro groups is 2. The van der Waals surface area contributed by atoms with E-state index in [1.165, 1.54) is 146 Å². The van der Waals surface area contributed by atoms with Crippen LogP contribution in [0.4, 0.5) is 24.5 Å². The second-order valence-corrected chi connectivity index (χ2v) is 33.6. The van der Waals surface area contributed by atoms with E-state index in [1.807, 2.05) is 85.7 Å². The quantitative estimate of drug-likeness (QED) is 0.0296. The minimum absolute atomic E-state index is 0.0693. The van der Waals surface area contributed by atoms with Crippen LogP contribution in [0.1, 0.15) is 190 Å². The largest absolute Gasteiger partial charge is 0.466 e. The Morgan fingerprint density at radius 3 is 0.674 bits per heavy atom. The molecule has 6 aliphatic carbocycles. The number of rotatable bonds is 20. The van der Waals surface area contributed by atoms with Crippen LogP contribution in [-0.4, -0.2) is 167 Å². The topological polar surface area (TPSA) is 402 Å². The lowest BCUT2D eigenvalue weighted by Crippen LogP contribution is -2.26. The minimum Gasteiger partial charge on any atom is -0.466 e. The van der Waals surface area contributed by atoms with Gasteiger partial charge in [0, 0.05) is 126 Å². The highest BCUT2D eigenvalue weighted by Crippen LogP contribution is 2.50. The second-order valence-electron chi connectivity index (χ2n) is 33.6. The summed E-state index contributed by atoms with van der Waals surface area (Å²) in [6, 6.07) is 38.9. The van der Waals surface area contributed by atoms with Gasteiger partial charge in [0.2, 0.25) is 0 Å². The van der Waals surface area contributed by atoms with Gasteiger partial charge in [-0.1, -0.05) is 164 Å². The van der Waals surface area contributed by atoms with Crippen molar-refractivity contribution in [2.24, 2.45) is 0 Å². The van der Waals surface area contributed by atoms with E-state index in [0.29, 0.717) is 128 Å². The Morgan fingerprint density at radius 1 is 0.227 bits per heavy atom. The van der Waals surface area contributed by atoms with Crippen LogP contribution >= 0.6 is 0 Å². The van der Waals surface area contributed by atoms with Crippen LogP contribution in [-0.2, 0) is 114 Å². The molecule has 0 atom stereocenters. The van der Waals surface area contributed by atoms with Gasteiger partial charge < -0.3 is 56.8 Å². The number of methoxy groups -OCH3 is 12. The van der Waals surface area contributed by atoms with Crippen molar-refractivity contribution in [2.45, 2.75) is 157 Å². The molecule has 0 saturated carbocycles. The Morgan fingerprint density at radius 2 is 0.433 bits per heavy atom. The predicted molar refractivity (Wildman–Crippen MR) is 513 cm³/mol. The highest BCUT2D eigenvalue weighted by molar-refractivity contribution is 6.05. The summed E-state index contributed by atoms with van der Waals surface area (Å²) in [5, 5.41) is 22.0. The third kappa shape index (κ3) is 26.1. The Kier molecular flexibility index (Phi) is 40.8. The molecule has 141 heavy (non-hydrogen) atoms. The summed E-state index contributed by atoms with van der Waals surface area (Å²) in [6.45, 7) is 21.9. The van der Waals surface area contributed by atoms with Crippen molar-refractivity contribution < 1.29 is 137 Å². The van der Waals surface area contributed by atoms with Gasteiger partial charge >= 0.3 is 71.6 Å². The highest BCUT2D eigenvalue weighted by Gasteiger charge is 2.45. The number of ether oxygens (including phenoxy) is 12. The maximum Gasteiger partial charge on any atom is 0.334 e. The molecular weight excluding hydrogens is 1830 g/mol. The molecule has 0 radical (unpaired) electrons. The number of carbonyl (C=O) groups is 12. The van der Waals surface area contributed by atoms with E-state index >= 15 is 0 Å². The fraction of sp³-hybridized carbons (Fsp3) is 0.333. The molecule has 0 unspecified atom stereocenters. The Bertz CT molecular complexity index is 6120. The Balaban J connectivity index is 0.000000230. The second kappa shape index (κ2) is 51.2. The number of nitro benzene ring substituents is 2. The van der Waals surface area contributed by atoms with Gasteiger partial charge in [0.05, 0.1) is 101 Å². The van der Waals surface area contributed by atoms with E-state index in [9.17, 15) is 90.9 Å². The number of nitrogens with zero attached hydrogens (tertiary/aromatic N) is 2. The number of allylic oxidation sites excluding steroid dienone is 12. The molecule has 0 bridgehead atoms. The van der Waals surface area contributed by atoms with Crippen LogP contribution in [0.15, 0.2) is 285 Å². The summed E-state index contributed by atoms with van der Waals surface area (Å²) >= 11 is 0. The van der Waals surface area contributed by atoms with Crippen LogP contribution < -0.4 is 0 Å². The van der Waals surface area contributed by atoms with Crippen LogP contribution in [0.2, 0.25) is 0 Å². The van der Waals surface area contributed by atoms with Gasteiger partial charge in [0.25, 0.3) is 11.4 Å². The maximum absolute atomic E-state index is 14.4. The molecule has 6 aliphatic rings. The van der Waals surface area contributed by atoms with Crippen molar-refractivity contribution >= 4 is 83.0 Å². The molecule has 0 aliphatic heterocycles. The zero-order valence-corrected chi connectivity index (χ0v) is 83.1. The number of carbonyl (C=O) groups excluding carboxylic acids is 12. The number of hydrogen-bond acceptors (Lipinski definition) is 28. The summed E-state index contributed by atoms with van der Waals surface area (Å²) in [6.07, 6.45) is 2.86. The standard InChI is InChI=1S/3C18H19FO4.2C18H19NO6.C18H20O4/c1-10-9-11(2)15(18(21)23-4)16(14(10)17(20)22-3)12-5-7-13(19)8-6-12;1-10-8-11(2)15(18(21)23-4)16(14(10)17(20)22-3)12-6-5-7-13(19)9-12;1-10-9-11(2)15(18(21)23-4)16(14(10)17(20)22-3)12-7-5-6-8-13(12)19;1-10-9-11(2)15(18(21)25-4)16(14(10)17(20)24-3)12-5-7-13(8-6-12)19(22)23;1-10-8-11(2)15(18(21)25-4)16(14(10)17(20)24-3)12-6-5-7-13(9-12)19(22)23;1-11-10-12(2)15(18(20)22-4)16(14(11)17(19)21-3)13-8-6-5-7-9-13/h5-8,16H,9H2,1-4H3;5-7,9,16H,8H2,1-4H3;5-8,16H,9H2,1-4H3;5-8,16H,9H2,1-4H3;5-7,9,16H,8H2,1-4H3;5-9,16H,10H2,1-4H3. The normalized spacial score (nSPS) is 15.5. The van der Waals surface area contributed by atoms with E-state index in [0.717, 1.165) is 72.4 Å². The molecule has 0 spiro atoms. The lowest BCUT2D eigenvalue weighted by molar-refractivity contribution is -0.385. The van der Waals surface area contributed by atoms with Crippen molar-refractivity contribution in [2.75, 3.05) is 85.3 Å². The lowest BCUT2D eigenvalue weighted by Gasteiger charge is -2.29. The molecule has 0 heterocycles. The molecule has 30 nitrogen and oxygen atoms in total. The van der Waals surface area contributed by atoms with Gasteiger partial charge in [-0.2, -0.15) is 0 Å². The summed E-state index contributed by atoms with van der Waals surface area (Å²) < 4.78 is 99.9. The number of halogens is 3. The fourth-order valence-electron chi connectivity index (χ4n) is 18.5. The van der Waals surface area contributed by atoms with E-state index < -0.39 is 129 Å². The summed E-state index contributed by atoms with van der Waals surface area (Å²) in [5.41, 5.74) is 17.4. The number of benzene rings is 6. The molecule has 0 N–H and O–H groups in total. The van der Waals surface area contributed by atoms with Crippen LogP contribution in [0, 0.1) is 37.7 Å². The van der Waals surface area contributed by atoms with E-state index in [4.69, 9.17) is 56.8 Å². The first-order valence-electron chi connectivity index (χ1n) is 44.0. The lowest BCUT2D eigenvalue weighted by atomic mass is 9.75. The van der Waals surface area contributed by atoms with Crippen LogP contribution in [0.25, 0.3) is 0 Å². The Labute approximate surface area is 815 Å². The summed E-state index contributed by atoms with van der Waals surface area (Å²) in [5.74, 6) is -11.5. The van der Waals surface area contributed by atoms with Gasteiger partial charge in [0.15, 0.2) is 0 Å². The van der Waals surface area contributed by atoms with Gasteiger partial charge in [-0.05, 0) is 180 Å². The molecule has 33 heteroatoms. The SMILES string of the molecule is COC(=O)C1=C(C)CC(C)=C(C(=O)OC)C1c1ccc(F)cc1.COC(=O)C1=C(C)CC(C)=C(C(=O)OC)C1c1ccc([N+](=O)[O-])cc1.COC(=O)C1=C(C)CC(C)=C(C(=O)OC)C1c1cccc(F)c1.COC(=O)C1=C(C)CC(C)=C(C(=O)OC)C1c1cccc([N+](=O)[O-])c1.COC(=O)C1=C(C)CC(C)=C(C(=O)OC)C1c1ccccc1.COC(=O)C1=C(C)CC(C)=C(C(=O)OC)C1c1ccccc1F. The van der Waals surface area contributed by atoms with Gasteiger partial charge in [-0.15, -0.1) is 0 Å². The van der Waals surface area contributed by atoms with Crippen LogP contribution in [0.5, 0.6) is 0 Å². The van der Waals surface area contributed by atoms with E-state index in [-0.39, 0.29) is 22.8 Å². The first kappa shape index (κ1) is 112. The van der Waals surface area contributed by atoms with Crippen molar-refractivity contribution in [3.63, 3.8) is 0 Å². The number of esters is 12. The van der Waals surface area contributed by atoms with E-state index in [2.05, 4.69) is 0 Å².